The summed E-state index contributed by atoms with van der Waals surface area (Å²) in [5.74, 6) is -0.431. The van der Waals surface area contributed by atoms with Gasteiger partial charge in [0.1, 0.15) is 5.82 Å². The minimum absolute atomic E-state index is 0. The lowest BCUT2D eigenvalue weighted by atomic mass is 10.0. The fraction of sp³-hybridized carbons (Fsp3) is 0.0909. The Labute approximate surface area is 108 Å². The van der Waals surface area contributed by atoms with Gasteiger partial charge in [-0.05, 0) is 34.0 Å². The minimum atomic E-state index is -0.431. The van der Waals surface area contributed by atoms with E-state index in [0.717, 1.165) is 5.56 Å². The summed E-state index contributed by atoms with van der Waals surface area (Å²) in [6, 6.07) is 6.23. The van der Waals surface area contributed by atoms with Crippen LogP contribution in [-0.2, 0) is 0 Å². The van der Waals surface area contributed by atoms with Crippen LogP contribution in [-0.4, -0.2) is 0 Å². The highest BCUT2D eigenvalue weighted by Gasteiger charge is 2.14. The second-order valence-corrected chi connectivity index (χ2v) is 4.34. The van der Waals surface area contributed by atoms with Crippen molar-refractivity contribution >= 4 is 35.3 Å². The molecule has 0 amide bonds. The van der Waals surface area contributed by atoms with Crippen molar-refractivity contribution < 1.29 is 4.39 Å². The van der Waals surface area contributed by atoms with Gasteiger partial charge in [0.2, 0.25) is 0 Å². The van der Waals surface area contributed by atoms with Crippen LogP contribution in [0.3, 0.4) is 0 Å². The summed E-state index contributed by atoms with van der Waals surface area (Å²) in [5, 5.41) is 3.98. The lowest BCUT2D eigenvalue weighted by molar-refractivity contribution is 0.624. The smallest absolute Gasteiger partial charge is 0.142 e. The number of rotatable bonds is 2. The number of halogens is 3. The molecule has 1 atom stereocenters. The molecule has 0 spiro atoms. The van der Waals surface area contributed by atoms with Gasteiger partial charge in [-0.15, -0.1) is 12.4 Å². The zero-order valence-electron chi connectivity index (χ0n) is 8.19. The summed E-state index contributed by atoms with van der Waals surface area (Å²) in [6.45, 7) is 0. The van der Waals surface area contributed by atoms with Crippen molar-refractivity contribution in [2.24, 2.45) is 5.73 Å². The van der Waals surface area contributed by atoms with Crippen LogP contribution in [0, 0.1) is 5.82 Å². The first kappa shape index (κ1) is 13.5. The maximum atomic E-state index is 13.2. The number of nitrogens with two attached hydrogens (primary N) is 1. The molecule has 0 unspecified atom stereocenters. The molecule has 0 fully saturated rings. The molecule has 5 heteroatoms. The van der Waals surface area contributed by atoms with Crippen molar-refractivity contribution in [3.63, 3.8) is 0 Å². The van der Waals surface area contributed by atoms with Gasteiger partial charge >= 0.3 is 0 Å². The minimum Gasteiger partial charge on any atom is -0.320 e. The first-order valence-corrected chi connectivity index (χ1v) is 5.74. The van der Waals surface area contributed by atoms with Crippen LogP contribution in [0.4, 0.5) is 4.39 Å². The molecular weight excluding hydrogens is 268 g/mol. The largest absolute Gasteiger partial charge is 0.320 e. The lowest BCUT2D eigenvalue weighted by Gasteiger charge is -2.12. The zero-order chi connectivity index (χ0) is 10.8. The van der Waals surface area contributed by atoms with E-state index < -0.39 is 5.82 Å². The quantitative estimate of drug-likeness (QED) is 0.882. The molecule has 2 rings (SSSR count). The molecular formula is C11H10Cl2FNS. The Morgan fingerprint density at radius 2 is 2.06 bits per heavy atom. The zero-order valence-corrected chi connectivity index (χ0v) is 10.6. The molecule has 0 aliphatic heterocycles. The van der Waals surface area contributed by atoms with E-state index >= 15 is 0 Å². The highest BCUT2D eigenvalue weighted by Crippen LogP contribution is 2.29. The van der Waals surface area contributed by atoms with Crippen molar-refractivity contribution in [1.29, 1.82) is 0 Å². The topological polar surface area (TPSA) is 26.0 Å². The third-order valence-electron chi connectivity index (χ3n) is 2.22. The van der Waals surface area contributed by atoms with Crippen molar-refractivity contribution in [1.82, 2.24) is 0 Å². The van der Waals surface area contributed by atoms with E-state index in [1.54, 1.807) is 23.5 Å². The van der Waals surface area contributed by atoms with E-state index in [9.17, 15) is 4.39 Å². The van der Waals surface area contributed by atoms with Gasteiger partial charge in [0.05, 0.1) is 11.1 Å². The van der Waals surface area contributed by atoms with Crippen LogP contribution in [0.1, 0.15) is 17.2 Å². The van der Waals surface area contributed by atoms with E-state index in [1.165, 1.54) is 6.07 Å². The van der Waals surface area contributed by atoms with Gasteiger partial charge < -0.3 is 5.73 Å². The Bertz CT molecular complexity index is 459. The summed E-state index contributed by atoms with van der Waals surface area (Å²) in [4.78, 5) is 0. The Morgan fingerprint density at radius 3 is 2.69 bits per heavy atom. The highest BCUT2D eigenvalue weighted by molar-refractivity contribution is 7.08. The number of hydrogen-bond donors (Lipinski definition) is 1. The number of thiophene rings is 1. The van der Waals surface area contributed by atoms with Gasteiger partial charge in [-0.1, -0.05) is 23.7 Å². The predicted octanol–water partition coefficient (Wildman–Crippen LogP) is 4.01. The molecule has 1 aromatic carbocycles. The van der Waals surface area contributed by atoms with Crippen molar-refractivity contribution in [3.05, 3.63) is 57.0 Å². The van der Waals surface area contributed by atoms with Gasteiger partial charge in [0.25, 0.3) is 0 Å². The summed E-state index contributed by atoms with van der Waals surface area (Å²) >= 11 is 7.41. The van der Waals surface area contributed by atoms with Gasteiger partial charge in [-0.3, -0.25) is 0 Å². The monoisotopic (exact) mass is 277 g/mol. The normalized spacial score (nSPS) is 11.9. The van der Waals surface area contributed by atoms with Crippen LogP contribution >= 0.6 is 35.3 Å². The van der Waals surface area contributed by atoms with E-state index in [-0.39, 0.29) is 23.5 Å². The molecule has 1 nitrogen and oxygen atoms in total. The molecule has 0 aliphatic rings. The van der Waals surface area contributed by atoms with Crippen molar-refractivity contribution in [3.8, 4) is 0 Å². The molecule has 0 aliphatic carbocycles. The second kappa shape index (κ2) is 5.64. The number of benzene rings is 1. The SMILES string of the molecule is Cl.N[C@@H](c1ccsc1)c1cccc(F)c1Cl. The highest BCUT2D eigenvalue weighted by atomic mass is 35.5. The molecule has 86 valence electrons. The summed E-state index contributed by atoms with van der Waals surface area (Å²) < 4.78 is 13.2. The van der Waals surface area contributed by atoms with Gasteiger partial charge in [-0.25, -0.2) is 4.39 Å². The average molecular weight is 278 g/mol. The Kier molecular flexibility index (Phi) is 4.74. The first-order chi connectivity index (χ1) is 7.20. The predicted molar refractivity (Wildman–Crippen MR) is 69.0 cm³/mol. The summed E-state index contributed by atoms with van der Waals surface area (Å²) in [6.07, 6.45) is 0. The van der Waals surface area contributed by atoms with Crippen LogP contribution in [0.5, 0.6) is 0 Å². The fourth-order valence-corrected chi connectivity index (χ4v) is 2.33. The van der Waals surface area contributed by atoms with Crippen LogP contribution in [0.25, 0.3) is 0 Å². The van der Waals surface area contributed by atoms with Crippen molar-refractivity contribution in [2.75, 3.05) is 0 Å². The molecule has 2 aromatic rings. The van der Waals surface area contributed by atoms with E-state index in [4.69, 9.17) is 17.3 Å². The molecule has 0 saturated heterocycles. The van der Waals surface area contributed by atoms with Crippen LogP contribution in [0.2, 0.25) is 5.02 Å². The molecule has 16 heavy (non-hydrogen) atoms. The summed E-state index contributed by atoms with van der Waals surface area (Å²) in [7, 11) is 0. The molecule has 2 N–H and O–H groups in total. The Hall–Kier alpha value is -0.610. The van der Waals surface area contributed by atoms with E-state index in [0.29, 0.717) is 5.56 Å². The van der Waals surface area contributed by atoms with Crippen molar-refractivity contribution in [2.45, 2.75) is 6.04 Å². The standard InChI is InChI=1S/C11H9ClFNS.ClH/c12-10-8(2-1-3-9(10)13)11(14)7-4-5-15-6-7;/h1-6,11H,14H2;1H/t11-;/m0./s1. The maximum Gasteiger partial charge on any atom is 0.142 e. The van der Waals surface area contributed by atoms with E-state index in [2.05, 4.69) is 0 Å². The molecule has 0 radical (unpaired) electrons. The second-order valence-electron chi connectivity index (χ2n) is 3.18. The van der Waals surface area contributed by atoms with Crippen LogP contribution in [0.15, 0.2) is 35.0 Å². The molecule has 0 bridgehead atoms. The average Bonchev–Trinajstić information content (AvgIpc) is 2.74. The van der Waals surface area contributed by atoms with Gasteiger partial charge in [0.15, 0.2) is 0 Å². The molecule has 0 saturated carbocycles. The first-order valence-electron chi connectivity index (χ1n) is 4.41. The molecule has 1 heterocycles. The maximum absolute atomic E-state index is 13.2. The Morgan fingerprint density at radius 1 is 1.31 bits per heavy atom. The third kappa shape index (κ3) is 2.55. The van der Waals surface area contributed by atoms with Crippen LogP contribution < -0.4 is 5.73 Å². The fourth-order valence-electron chi connectivity index (χ4n) is 1.39. The third-order valence-corrected chi connectivity index (χ3v) is 3.32. The number of hydrogen-bond acceptors (Lipinski definition) is 2. The Balaban J connectivity index is 0.00000128. The van der Waals surface area contributed by atoms with Gasteiger partial charge in [-0.2, -0.15) is 11.3 Å². The summed E-state index contributed by atoms with van der Waals surface area (Å²) in [5.41, 5.74) is 7.56. The lowest BCUT2D eigenvalue weighted by Crippen LogP contribution is -2.11. The molecule has 1 aromatic heterocycles. The van der Waals surface area contributed by atoms with Gasteiger partial charge in [0, 0.05) is 0 Å². The van der Waals surface area contributed by atoms with E-state index in [1.807, 2.05) is 16.8 Å².